The third-order valence-electron chi connectivity index (χ3n) is 4.67. The fraction of sp³-hybridized carbons (Fsp3) is 0.529. The van der Waals surface area contributed by atoms with Crippen molar-refractivity contribution in [1.29, 1.82) is 5.26 Å². The number of piperidine rings is 1. The van der Waals surface area contributed by atoms with Gasteiger partial charge in [-0.25, -0.2) is 4.99 Å². The van der Waals surface area contributed by atoms with Crippen molar-refractivity contribution in [2.75, 3.05) is 27.2 Å². The van der Waals surface area contributed by atoms with E-state index in [9.17, 15) is 4.79 Å². The topological polar surface area (TPSA) is 87.8 Å². The van der Waals surface area contributed by atoms with E-state index in [1.165, 1.54) is 0 Å². The Labute approximate surface area is 142 Å². The maximum Gasteiger partial charge on any atom is 0.236 e. The van der Waals surface area contributed by atoms with Crippen molar-refractivity contribution in [3.63, 3.8) is 0 Å². The normalized spacial score (nSPS) is 21.2. The summed E-state index contributed by atoms with van der Waals surface area (Å²) in [4.78, 5) is 27.4. The molecule has 1 aliphatic heterocycles. The number of aromatic amines is 1. The molecule has 2 atom stereocenters. The Morgan fingerprint density at radius 2 is 2.38 bits per heavy atom. The Hall–Kier alpha value is -2.62. The van der Waals surface area contributed by atoms with Crippen LogP contribution in [0, 0.1) is 17.2 Å². The highest BCUT2D eigenvalue weighted by atomic mass is 16.2. The van der Waals surface area contributed by atoms with Crippen LogP contribution < -0.4 is 0 Å². The molecular formula is C17H24N6O. The van der Waals surface area contributed by atoms with Crippen LogP contribution in [0.1, 0.15) is 25.3 Å². The number of nitriles is 1. The number of nitrogens with zero attached hydrogens (tertiary/aromatic N) is 5. The lowest BCUT2D eigenvalue weighted by Gasteiger charge is -2.42. The van der Waals surface area contributed by atoms with Crippen molar-refractivity contribution in [1.82, 2.24) is 14.8 Å². The summed E-state index contributed by atoms with van der Waals surface area (Å²) < 4.78 is 0. The number of carbonyl (C=O) groups is 1. The lowest BCUT2D eigenvalue weighted by atomic mass is 9.91. The van der Waals surface area contributed by atoms with Gasteiger partial charge in [-0.3, -0.25) is 9.79 Å². The number of H-pyrrole nitrogens is 1. The number of amidine groups is 1. The molecule has 0 radical (unpaired) electrons. The zero-order valence-electron chi connectivity index (χ0n) is 14.5. The number of aliphatic imine (C=N–C) groups is 2. The average molecular weight is 328 g/mol. The number of hydrogen-bond acceptors (Lipinski definition) is 4. The maximum absolute atomic E-state index is 12.1. The van der Waals surface area contributed by atoms with Gasteiger partial charge in [-0.05, 0) is 25.1 Å². The molecule has 128 valence electrons. The van der Waals surface area contributed by atoms with Crippen LogP contribution in [-0.4, -0.2) is 66.5 Å². The van der Waals surface area contributed by atoms with E-state index in [1.807, 2.05) is 25.4 Å². The van der Waals surface area contributed by atoms with Gasteiger partial charge in [-0.2, -0.15) is 5.26 Å². The zero-order valence-corrected chi connectivity index (χ0v) is 14.5. The van der Waals surface area contributed by atoms with Gasteiger partial charge in [-0.15, -0.1) is 0 Å². The van der Waals surface area contributed by atoms with Gasteiger partial charge in [-0.1, -0.05) is 6.92 Å². The minimum atomic E-state index is -0.104. The number of aromatic nitrogens is 1. The largest absolute Gasteiger partial charge is 0.354 e. The van der Waals surface area contributed by atoms with Crippen LogP contribution in [0.3, 0.4) is 0 Å². The summed E-state index contributed by atoms with van der Waals surface area (Å²) >= 11 is 0. The highest BCUT2D eigenvalue weighted by Crippen LogP contribution is 2.25. The summed E-state index contributed by atoms with van der Waals surface area (Å²) in [6, 6.07) is 4.00. The molecule has 2 rings (SSSR count). The van der Waals surface area contributed by atoms with Gasteiger partial charge in [0.15, 0.2) is 0 Å². The predicted molar refractivity (Wildman–Crippen MR) is 94.6 cm³/mol. The Morgan fingerprint density at radius 3 is 3.00 bits per heavy atom. The van der Waals surface area contributed by atoms with Crippen molar-refractivity contribution in [3.8, 4) is 6.07 Å². The molecule has 1 aliphatic rings. The van der Waals surface area contributed by atoms with Crippen molar-refractivity contribution in [2.45, 2.75) is 25.8 Å². The van der Waals surface area contributed by atoms with E-state index in [4.69, 9.17) is 5.26 Å². The molecular weight excluding hydrogens is 304 g/mol. The van der Waals surface area contributed by atoms with Gasteiger partial charge < -0.3 is 14.8 Å². The van der Waals surface area contributed by atoms with Crippen molar-refractivity contribution < 1.29 is 4.79 Å². The Morgan fingerprint density at radius 1 is 1.62 bits per heavy atom. The Bertz CT molecular complexity index is 671. The summed E-state index contributed by atoms with van der Waals surface area (Å²) in [5.41, 5.74) is 0.891. The minimum absolute atomic E-state index is 0.0676. The smallest absolute Gasteiger partial charge is 0.236 e. The van der Waals surface area contributed by atoms with Crippen LogP contribution in [0.25, 0.3) is 0 Å². The molecule has 0 bridgehead atoms. The lowest BCUT2D eigenvalue weighted by Crippen LogP contribution is -2.54. The van der Waals surface area contributed by atoms with E-state index in [0.717, 1.165) is 17.8 Å². The number of rotatable bonds is 4. The fourth-order valence-electron chi connectivity index (χ4n) is 3.26. The van der Waals surface area contributed by atoms with Crippen molar-refractivity contribution >= 4 is 24.3 Å². The number of amides is 1. The predicted octanol–water partition coefficient (Wildman–Crippen LogP) is 1.81. The summed E-state index contributed by atoms with van der Waals surface area (Å²) in [6.45, 7) is 7.07. The van der Waals surface area contributed by atoms with Crippen LogP contribution >= 0.6 is 0 Å². The Balaban J connectivity index is 2.22. The molecule has 0 aromatic carbocycles. The summed E-state index contributed by atoms with van der Waals surface area (Å²) in [5.74, 6) is 1.80. The second-order valence-corrected chi connectivity index (χ2v) is 6.06. The zero-order chi connectivity index (χ0) is 17.7. The number of likely N-dealkylation sites (N-methyl/N-ethyl adjacent to an activating group) is 1. The van der Waals surface area contributed by atoms with Gasteiger partial charge in [0.1, 0.15) is 18.1 Å². The number of nitrogens with one attached hydrogen (secondary N) is 1. The first kappa shape index (κ1) is 17.7. The second-order valence-electron chi connectivity index (χ2n) is 6.06. The summed E-state index contributed by atoms with van der Waals surface area (Å²) in [5, 5.41) is 8.76. The van der Waals surface area contributed by atoms with Gasteiger partial charge in [0.05, 0.1) is 17.7 Å². The summed E-state index contributed by atoms with van der Waals surface area (Å²) in [7, 11) is 3.74. The first-order chi connectivity index (χ1) is 11.5. The van der Waals surface area contributed by atoms with Gasteiger partial charge >= 0.3 is 0 Å². The van der Waals surface area contributed by atoms with E-state index in [-0.39, 0.29) is 18.4 Å². The van der Waals surface area contributed by atoms with E-state index in [2.05, 4.69) is 33.5 Å². The molecule has 7 heteroatoms. The van der Waals surface area contributed by atoms with Gasteiger partial charge in [0.2, 0.25) is 5.91 Å². The molecule has 2 heterocycles. The molecule has 0 saturated carbocycles. The maximum atomic E-state index is 12.1. The molecule has 1 N–H and O–H groups in total. The molecule has 1 aromatic rings. The van der Waals surface area contributed by atoms with Crippen molar-refractivity contribution in [2.24, 2.45) is 15.9 Å². The van der Waals surface area contributed by atoms with Gasteiger partial charge in [0, 0.05) is 33.4 Å². The fourth-order valence-corrected chi connectivity index (χ4v) is 3.26. The molecule has 1 saturated heterocycles. The lowest BCUT2D eigenvalue weighted by molar-refractivity contribution is -0.132. The molecule has 1 amide bonds. The van der Waals surface area contributed by atoms with Crippen LogP contribution in [-0.2, 0) is 4.79 Å². The van der Waals surface area contributed by atoms with Crippen LogP contribution in [0.4, 0.5) is 5.82 Å². The Kier molecular flexibility index (Phi) is 5.74. The van der Waals surface area contributed by atoms with E-state index >= 15 is 0 Å². The number of likely N-dealkylation sites (tertiary alicyclic amines) is 1. The van der Waals surface area contributed by atoms with E-state index in [0.29, 0.717) is 24.8 Å². The van der Waals surface area contributed by atoms with Crippen LogP contribution in [0.2, 0.25) is 0 Å². The standard InChI is InChI=1S/C17H24N6O/c1-12-7-10-23(15(24)5-8-18)11-14(12)22(4)17(20-3)13-6-9-21-16(13)19-2/h6,9,12,14,21H,2,5,7,10-11H2,1,3-4H3/t12-,14?/m1/s1. The molecule has 24 heavy (non-hydrogen) atoms. The number of hydrogen-bond donors (Lipinski definition) is 1. The van der Waals surface area contributed by atoms with E-state index < -0.39 is 0 Å². The highest BCUT2D eigenvalue weighted by molar-refractivity contribution is 6.02. The van der Waals surface area contributed by atoms with Crippen LogP contribution in [0.5, 0.6) is 0 Å². The van der Waals surface area contributed by atoms with Crippen molar-refractivity contribution in [3.05, 3.63) is 17.8 Å². The molecule has 0 spiro atoms. The average Bonchev–Trinajstić information content (AvgIpc) is 3.04. The molecule has 0 aliphatic carbocycles. The minimum Gasteiger partial charge on any atom is -0.354 e. The van der Waals surface area contributed by atoms with Crippen LogP contribution in [0.15, 0.2) is 22.2 Å². The second kappa shape index (κ2) is 7.77. The molecule has 1 aromatic heterocycles. The first-order valence-electron chi connectivity index (χ1n) is 8.02. The monoisotopic (exact) mass is 328 g/mol. The van der Waals surface area contributed by atoms with E-state index in [1.54, 1.807) is 11.9 Å². The molecule has 7 nitrogen and oxygen atoms in total. The van der Waals surface area contributed by atoms with Gasteiger partial charge in [0.25, 0.3) is 0 Å². The third-order valence-corrected chi connectivity index (χ3v) is 4.67. The highest BCUT2D eigenvalue weighted by Gasteiger charge is 2.33. The SMILES string of the molecule is C=Nc1[nH]ccc1C(=NC)N(C)C1CN(C(=O)CC#N)CC[C@H]1C. The number of carbonyl (C=O) groups excluding carboxylic acids is 1. The summed E-state index contributed by atoms with van der Waals surface area (Å²) in [6.07, 6.45) is 2.65. The molecule has 1 fully saturated rings. The first-order valence-corrected chi connectivity index (χ1v) is 8.02. The quantitative estimate of drug-likeness (QED) is 0.675. The third kappa shape index (κ3) is 3.48. The molecule has 1 unspecified atom stereocenters.